The smallest absolute Gasteiger partial charge is 0.432 e. The Kier molecular flexibility index (Phi) is 7.81. The molecule has 0 amide bonds. The fourth-order valence-corrected chi connectivity index (χ4v) is 2.78. The summed E-state index contributed by atoms with van der Waals surface area (Å²) in [4.78, 5) is 12.9. The van der Waals surface area contributed by atoms with Gasteiger partial charge in [-0.15, -0.1) is 6.58 Å². The van der Waals surface area contributed by atoms with Crippen LogP contribution in [-0.2, 0) is 24.6 Å². The fourth-order valence-electron chi connectivity index (χ4n) is 2.78. The maximum atomic E-state index is 14.1. The minimum Gasteiger partial charge on any atom is -0.443 e. The van der Waals surface area contributed by atoms with E-state index in [2.05, 4.69) is 18.4 Å². The van der Waals surface area contributed by atoms with Crippen molar-refractivity contribution in [3.8, 4) is 11.8 Å². The van der Waals surface area contributed by atoms with Crippen LogP contribution in [0.2, 0.25) is 0 Å². The molecule has 0 aromatic heterocycles. The van der Waals surface area contributed by atoms with Crippen molar-refractivity contribution in [3.05, 3.63) is 84.4 Å². The molecule has 0 saturated heterocycles. The molecule has 0 fully saturated rings. The first-order valence-corrected chi connectivity index (χ1v) is 8.90. The predicted octanol–water partition coefficient (Wildman–Crippen LogP) is 4.26. The van der Waals surface area contributed by atoms with Gasteiger partial charge in [0.2, 0.25) is 0 Å². The van der Waals surface area contributed by atoms with E-state index in [-0.39, 0.29) is 0 Å². The number of rotatable bonds is 7. The average molecular weight is 418 g/mol. The van der Waals surface area contributed by atoms with E-state index in [9.17, 15) is 18.0 Å². The van der Waals surface area contributed by atoms with Crippen LogP contribution < -0.4 is 0 Å². The summed E-state index contributed by atoms with van der Waals surface area (Å²) in [6.07, 6.45) is -6.10. The number of methoxy groups -OCH3 is 2. The van der Waals surface area contributed by atoms with Crippen LogP contribution in [-0.4, -0.2) is 38.6 Å². The van der Waals surface area contributed by atoms with Gasteiger partial charge in [0.25, 0.3) is 5.60 Å². The summed E-state index contributed by atoms with van der Waals surface area (Å²) >= 11 is 0. The van der Waals surface area contributed by atoms with Gasteiger partial charge in [-0.05, 0) is 18.1 Å². The quantitative estimate of drug-likeness (QED) is 0.383. The Labute approximate surface area is 173 Å². The highest BCUT2D eigenvalue weighted by Crippen LogP contribution is 2.43. The topological polar surface area (TPSA) is 44.8 Å². The minimum atomic E-state index is -5.09. The van der Waals surface area contributed by atoms with E-state index in [1.165, 1.54) is 31.4 Å². The van der Waals surface area contributed by atoms with Crippen molar-refractivity contribution in [2.24, 2.45) is 0 Å². The molecule has 0 saturated carbocycles. The van der Waals surface area contributed by atoms with E-state index < -0.39 is 35.5 Å². The number of hydrogen-bond acceptors (Lipinski definition) is 4. The standard InChI is InChI=1S/C23H21F3O4/c1-4-19(28-2)20(16-15-17-11-7-5-8-12-17)30-21(27)22(29-3,23(24,25)26)18-13-9-6-10-14-18/h4-14,19-20H,1H2,2-3H3/t19-,20+,22?/m0/s1. The monoisotopic (exact) mass is 418 g/mol. The van der Waals surface area contributed by atoms with Crippen LogP contribution in [0.3, 0.4) is 0 Å². The largest absolute Gasteiger partial charge is 0.443 e. The Balaban J connectivity index is 2.47. The first kappa shape index (κ1) is 23.2. The summed E-state index contributed by atoms with van der Waals surface area (Å²) in [7, 11) is 2.11. The van der Waals surface area contributed by atoms with E-state index >= 15 is 0 Å². The van der Waals surface area contributed by atoms with Crippen LogP contribution in [0, 0.1) is 11.8 Å². The van der Waals surface area contributed by atoms with Crippen molar-refractivity contribution in [1.82, 2.24) is 0 Å². The molecule has 0 aliphatic carbocycles. The zero-order chi connectivity index (χ0) is 22.2. The molecule has 4 nitrogen and oxygen atoms in total. The number of halogens is 3. The van der Waals surface area contributed by atoms with Crippen LogP contribution in [0.25, 0.3) is 0 Å². The SMILES string of the molecule is C=C[C@H](OC)[C@@H](C#Cc1ccccc1)OC(=O)C(OC)(c1ccccc1)C(F)(F)F. The molecule has 158 valence electrons. The molecule has 1 unspecified atom stereocenters. The van der Waals surface area contributed by atoms with Crippen LogP contribution in [0.4, 0.5) is 13.2 Å². The molecule has 0 heterocycles. The molecule has 0 aliphatic heterocycles. The molecule has 30 heavy (non-hydrogen) atoms. The summed E-state index contributed by atoms with van der Waals surface area (Å²) in [5.41, 5.74) is -3.14. The maximum absolute atomic E-state index is 14.1. The highest BCUT2D eigenvalue weighted by molar-refractivity contribution is 5.83. The van der Waals surface area contributed by atoms with Crippen LogP contribution in [0.1, 0.15) is 11.1 Å². The number of esters is 1. The normalized spacial score (nSPS) is 15.1. The van der Waals surface area contributed by atoms with Gasteiger partial charge in [0.15, 0.2) is 6.10 Å². The van der Waals surface area contributed by atoms with Crippen molar-refractivity contribution in [3.63, 3.8) is 0 Å². The van der Waals surface area contributed by atoms with Gasteiger partial charge in [0, 0.05) is 25.3 Å². The zero-order valence-electron chi connectivity index (χ0n) is 16.5. The summed E-state index contributed by atoms with van der Waals surface area (Å²) in [5.74, 6) is 3.77. The first-order chi connectivity index (χ1) is 14.3. The van der Waals surface area contributed by atoms with E-state index in [0.29, 0.717) is 5.56 Å². The third-order valence-electron chi connectivity index (χ3n) is 4.34. The average Bonchev–Trinajstić information content (AvgIpc) is 2.74. The lowest BCUT2D eigenvalue weighted by Crippen LogP contribution is -2.53. The Bertz CT molecular complexity index is 901. The van der Waals surface area contributed by atoms with Gasteiger partial charge in [-0.3, -0.25) is 0 Å². The zero-order valence-corrected chi connectivity index (χ0v) is 16.5. The Morgan fingerprint density at radius 3 is 2.07 bits per heavy atom. The van der Waals surface area contributed by atoms with Crippen molar-refractivity contribution in [2.45, 2.75) is 24.0 Å². The van der Waals surface area contributed by atoms with Crippen molar-refractivity contribution in [2.75, 3.05) is 14.2 Å². The Morgan fingerprint density at radius 2 is 1.60 bits per heavy atom. The van der Waals surface area contributed by atoms with Gasteiger partial charge >= 0.3 is 12.1 Å². The maximum Gasteiger partial charge on any atom is 0.432 e. The third kappa shape index (κ3) is 4.90. The molecule has 0 N–H and O–H groups in total. The second kappa shape index (κ2) is 10.1. The van der Waals surface area contributed by atoms with Crippen molar-refractivity contribution >= 4 is 5.97 Å². The summed E-state index contributed by atoms with van der Waals surface area (Å²) in [6, 6.07) is 15.3. The molecule has 2 rings (SSSR count). The van der Waals surface area contributed by atoms with Gasteiger partial charge in [0.1, 0.15) is 6.10 Å². The molecule has 0 aliphatic rings. The van der Waals surface area contributed by atoms with E-state index in [1.807, 2.05) is 0 Å². The number of benzene rings is 2. The molecule has 0 spiro atoms. The Morgan fingerprint density at radius 1 is 1.03 bits per heavy atom. The van der Waals surface area contributed by atoms with E-state index in [4.69, 9.17) is 14.2 Å². The molecular weight excluding hydrogens is 397 g/mol. The van der Waals surface area contributed by atoms with Gasteiger partial charge in [0.05, 0.1) is 0 Å². The van der Waals surface area contributed by atoms with Gasteiger partial charge in [-0.25, -0.2) is 4.79 Å². The van der Waals surface area contributed by atoms with Gasteiger partial charge in [-0.2, -0.15) is 13.2 Å². The number of ether oxygens (including phenoxy) is 3. The van der Waals surface area contributed by atoms with Crippen LogP contribution in [0.15, 0.2) is 73.3 Å². The number of hydrogen-bond donors (Lipinski definition) is 0. The van der Waals surface area contributed by atoms with E-state index in [1.54, 1.807) is 30.3 Å². The molecule has 0 bridgehead atoms. The lowest BCUT2D eigenvalue weighted by molar-refractivity contribution is -0.278. The fraction of sp³-hybridized carbons (Fsp3) is 0.261. The molecule has 2 aromatic carbocycles. The van der Waals surface area contributed by atoms with Crippen molar-refractivity contribution in [1.29, 1.82) is 0 Å². The summed E-state index contributed by atoms with van der Waals surface area (Å²) < 4.78 is 57.3. The highest BCUT2D eigenvalue weighted by atomic mass is 19.4. The number of carbonyl (C=O) groups is 1. The van der Waals surface area contributed by atoms with Crippen molar-refractivity contribution < 1.29 is 32.2 Å². The molecule has 2 aromatic rings. The Hall–Kier alpha value is -3.08. The lowest BCUT2D eigenvalue weighted by Gasteiger charge is -2.33. The molecule has 3 atom stereocenters. The number of alkyl halides is 3. The van der Waals surface area contributed by atoms with E-state index in [0.717, 1.165) is 19.2 Å². The third-order valence-corrected chi connectivity index (χ3v) is 4.34. The number of carbonyl (C=O) groups excluding carboxylic acids is 1. The van der Waals surface area contributed by atoms with Crippen LogP contribution >= 0.6 is 0 Å². The summed E-state index contributed by atoms with van der Waals surface area (Å²) in [6.45, 7) is 3.57. The van der Waals surface area contributed by atoms with Gasteiger partial charge < -0.3 is 14.2 Å². The van der Waals surface area contributed by atoms with Gasteiger partial charge in [-0.1, -0.05) is 60.5 Å². The second-order valence-corrected chi connectivity index (χ2v) is 6.15. The summed E-state index contributed by atoms with van der Waals surface area (Å²) in [5, 5.41) is 0. The molecular formula is C23H21F3O4. The minimum absolute atomic E-state index is 0.410. The first-order valence-electron chi connectivity index (χ1n) is 8.90. The van der Waals surface area contributed by atoms with Crippen LogP contribution in [0.5, 0.6) is 0 Å². The second-order valence-electron chi connectivity index (χ2n) is 6.15. The molecule has 7 heteroatoms. The lowest BCUT2D eigenvalue weighted by atomic mass is 9.92. The predicted molar refractivity (Wildman–Crippen MR) is 105 cm³/mol. The highest BCUT2D eigenvalue weighted by Gasteiger charge is 2.64. The molecule has 0 radical (unpaired) electrons.